The van der Waals surface area contributed by atoms with Crippen LogP contribution in [0.5, 0.6) is 0 Å². The van der Waals surface area contributed by atoms with Gasteiger partial charge in [0.25, 0.3) is 0 Å². The molecular formula is C4H14O2S4Si2. The molecule has 0 rings (SSSR count). The third kappa shape index (κ3) is 11.8. The first kappa shape index (κ1) is 13.8. The highest BCUT2D eigenvalue weighted by Gasteiger charge is 1.93. The Bertz CT molecular complexity index is 79.5. The summed E-state index contributed by atoms with van der Waals surface area (Å²) in [7, 11) is 6.80. The van der Waals surface area contributed by atoms with Crippen molar-refractivity contribution in [1.29, 1.82) is 0 Å². The molecule has 0 saturated heterocycles. The SMILES string of the molecule is CCO[SiH2]SSSS[SiH2]OCC. The van der Waals surface area contributed by atoms with Crippen molar-refractivity contribution in [3.8, 4) is 0 Å². The van der Waals surface area contributed by atoms with E-state index in [-0.39, 0.29) is 17.8 Å². The van der Waals surface area contributed by atoms with Crippen molar-refractivity contribution in [3.05, 3.63) is 0 Å². The maximum Gasteiger partial charge on any atom is 0.234 e. The van der Waals surface area contributed by atoms with Gasteiger partial charge in [0.1, 0.15) is 0 Å². The van der Waals surface area contributed by atoms with Gasteiger partial charge in [0.05, 0.1) is 0 Å². The molecule has 12 heavy (non-hydrogen) atoms. The van der Waals surface area contributed by atoms with Crippen molar-refractivity contribution in [3.63, 3.8) is 0 Å². The second kappa shape index (κ2) is 12.8. The Labute approximate surface area is 93.4 Å². The Morgan fingerprint density at radius 2 is 1.33 bits per heavy atom. The molecular weight excluding hydrogens is 264 g/mol. The summed E-state index contributed by atoms with van der Waals surface area (Å²) in [5.74, 6) is 0. The van der Waals surface area contributed by atoms with Crippen molar-refractivity contribution in [1.82, 2.24) is 0 Å². The maximum absolute atomic E-state index is 5.30. The molecule has 2 nitrogen and oxygen atoms in total. The minimum atomic E-state index is -0.308. The van der Waals surface area contributed by atoms with Crippen molar-refractivity contribution in [2.24, 2.45) is 0 Å². The predicted octanol–water partition coefficient (Wildman–Crippen LogP) is 1.73. The second-order valence-electron chi connectivity index (χ2n) is 1.59. The Kier molecular flexibility index (Phi) is 14.6. The summed E-state index contributed by atoms with van der Waals surface area (Å²) in [6.45, 7) is 5.82. The highest BCUT2D eigenvalue weighted by molar-refractivity contribution is 9.30. The molecule has 0 aliphatic rings. The largest absolute Gasteiger partial charge is 0.412 e. The molecule has 0 amide bonds. The number of rotatable bonds is 9. The first-order valence-electron chi connectivity index (χ1n) is 3.65. The third-order valence-corrected chi connectivity index (χ3v) is 15.4. The van der Waals surface area contributed by atoms with Gasteiger partial charge in [0.15, 0.2) is 0 Å². The lowest BCUT2D eigenvalue weighted by Crippen LogP contribution is -1.90. The van der Waals surface area contributed by atoms with Crippen LogP contribution in [0.1, 0.15) is 13.8 Å². The zero-order valence-electron chi connectivity index (χ0n) is 7.28. The molecule has 0 aromatic heterocycles. The summed E-state index contributed by atoms with van der Waals surface area (Å²) in [6.07, 6.45) is 0. The molecule has 0 aromatic carbocycles. The maximum atomic E-state index is 5.30. The van der Waals surface area contributed by atoms with Crippen molar-refractivity contribution in [2.75, 3.05) is 13.2 Å². The fraction of sp³-hybridized carbons (Fsp3) is 1.00. The minimum absolute atomic E-state index is 0.308. The molecule has 0 aliphatic carbocycles. The van der Waals surface area contributed by atoms with E-state index in [1.54, 1.807) is 0 Å². The number of hydrogen-bond donors (Lipinski definition) is 0. The van der Waals surface area contributed by atoms with Gasteiger partial charge in [-0.1, -0.05) is 20.5 Å². The van der Waals surface area contributed by atoms with E-state index in [1.807, 2.05) is 54.0 Å². The average molecular weight is 279 g/mol. The van der Waals surface area contributed by atoms with Gasteiger partial charge in [-0.25, -0.2) is 0 Å². The van der Waals surface area contributed by atoms with Crippen LogP contribution >= 0.6 is 40.1 Å². The van der Waals surface area contributed by atoms with Gasteiger partial charge >= 0.3 is 0 Å². The van der Waals surface area contributed by atoms with Crippen LogP contribution in [0.4, 0.5) is 0 Å². The van der Waals surface area contributed by atoms with Crippen LogP contribution in [-0.4, -0.2) is 31.0 Å². The Balaban J connectivity index is 2.73. The van der Waals surface area contributed by atoms with Crippen LogP contribution in [0.3, 0.4) is 0 Å². The smallest absolute Gasteiger partial charge is 0.234 e. The lowest BCUT2D eigenvalue weighted by Gasteiger charge is -1.99. The topological polar surface area (TPSA) is 18.5 Å². The summed E-state index contributed by atoms with van der Waals surface area (Å²) in [4.78, 5) is 0. The van der Waals surface area contributed by atoms with E-state index >= 15 is 0 Å². The van der Waals surface area contributed by atoms with E-state index in [2.05, 4.69) is 0 Å². The average Bonchev–Trinajstić information content (AvgIpc) is 2.10. The molecule has 0 saturated carbocycles. The highest BCUT2D eigenvalue weighted by atomic mass is 33.7. The lowest BCUT2D eigenvalue weighted by molar-refractivity contribution is 0.372. The molecule has 0 N–H and O–H groups in total. The zero-order chi connectivity index (χ0) is 9.07. The van der Waals surface area contributed by atoms with Gasteiger partial charge in [-0.3, -0.25) is 0 Å². The molecule has 8 heteroatoms. The molecule has 0 aliphatic heterocycles. The Hall–Kier alpha value is 1.75. The van der Waals surface area contributed by atoms with Gasteiger partial charge in [0, 0.05) is 13.2 Å². The van der Waals surface area contributed by atoms with Crippen LogP contribution in [-0.2, 0) is 8.85 Å². The Morgan fingerprint density at radius 1 is 0.917 bits per heavy atom. The Morgan fingerprint density at radius 3 is 1.67 bits per heavy atom. The van der Waals surface area contributed by atoms with E-state index in [0.717, 1.165) is 13.2 Å². The van der Waals surface area contributed by atoms with Crippen LogP contribution < -0.4 is 0 Å². The highest BCUT2D eigenvalue weighted by Crippen LogP contribution is 2.41. The first-order valence-corrected chi connectivity index (χ1v) is 13.4. The molecule has 0 aromatic rings. The van der Waals surface area contributed by atoms with E-state index in [1.165, 1.54) is 0 Å². The molecule has 74 valence electrons. The molecule has 0 heterocycles. The monoisotopic (exact) mass is 278 g/mol. The normalized spacial score (nSPS) is 12.5. The summed E-state index contributed by atoms with van der Waals surface area (Å²) in [5.41, 5.74) is 0. The van der Waals surface area contributed by atoms with Crippen molar-refractivity contribution >= 4 is 58.0 Å². The molecule has 0 unspecified atom stereocenters. The molecule has 0 radical (unpaired) electrons. The van der Waals surface area contributed by atoms with Gasteiger partial charge in [0.2, 0.25) is 17.8 Å². The van der Waals surface area contributed by atoms with Gasteiger partial charge in [-0.15, -0.1) is 0 Å². The van der Waals surface area contributed by atoms with Crippen LogP contribution in [0.25, 0.3) is 0 Å². The summed E-state index contributed by atoms with van der Waals surface area (Å²) >= 11 is 0. The predicted molar refractivity (Wildman–Crippen MR) is 70.7 cm³/mol. The fourth-order valence-electron chi connectivity index (χ4n) is 0.313. The van der Waals surface area contributed by atoms with E-state index in [0.29, 0.717) is 0 Å². The van der Waals surface area contributed by atoms with Gasteiger partial charge in [-0.05, 0) is 33.5 Å². The lowest BCUT2D eigenvalue weighted by atomic mass is 10.9. The summed E-state index contributed by atoms with van der Waals surface area (Å²) in [6, 6.07) is 0. The third-order valence-electron chi connectivity index (χ3n) is 0.795. The van der Waals surface area contributed by atoms with Crippen LogP contribution in [0, 0.1) is 0 Å². The fourth-order valence-corrected chi connectivity index (χ4v) is 16.1. The molecule has 0 fully saturated rings. The van der Waals surface area contributed by atoms with Crippen molar-refractivity contribution in [2.45, 2.75) is 13.8 Å². The van der Waals surface area contributed by atoms with E-state index in [4.69, 9.17) is 8.85 Å². The van der Waals surface area contributed by atoms with E-state index < -0.39 is 0 Å². The van der Waals surface area contributed by atoms with Gasteiger partial charge < -0.3 is 8.85 Å². The summed E-state index contributed by atoms with van der Waals surface area (Å²) in [5, 5.41) is 0. The standard InChI is InChI=1S/C4H14O2S4Si2/c1-3-5-11-9-7-8-10-12-6-4-2/h3-4,11-12H2,1-2H3. The second-order valence-corrected chi connectivity index (χ2v) is 14.0. The first-order chi connectivity index (χ1) is 5.91. The van der Waals surface area contributed by atoms with Crippen molar-refractivity contribution < 1.29 is 8.85 Å². The quantitative estimate of drug-likeness (QED) is 0.361. The number of hydrogen-bond acceptors (Lipinski definition) is 6. The minimum Gasteiger partial charge on any atom is -0.412 e. The molecule has 0 bridgehead atoms. The molecule has 0 atom stereocenters. The molecule has 0 spiro atoms. The summed E-state index contributed by atoms with van der Waals surface area (Å²) < 4.78 is 10.6. The van der Waals surface area contributed by atoms with Crippen LogP contribution in [0.2, 0.25) is 0 Å². The van der Waals surface area contributed by atoms with E-state index in [9.17, 15) is 0 Å². The van der Waals surface area contributed by atoms with Crippen LogP contribution in [0.15, 0.2) is 0 Å². The van der Waals surface area contributed by atoms with Gasteiger partial charge in [-0.2, -0.15) is 0 Å². The zero-order valence-corrected chi connectivity index (χ0v) is 13.4.